The van der Waals surface area contributed by atoms with Crippen LogP contribution < -0.4 is 0 Å². The van der Waals surface area contributed by atoms with Gasteiger partial charge >= 0.3 is 12.1 Å². The van der Waals surface area contributed by atoms with Crippen LogP contribution in [0.5, 0.6) is 0 Å². The molecule has 0 fully saturated rings. The number of pyridine rings is 2. The van der Waals surface area contributed by atoms with E-state index in [-0.39, 0.29) is 27.4 Å². The molecule has 0 amide bonds. The van der Waals surface area contributed by atoms with Crippen LogP contribution in [0.15, 0.2) is 42.7 Å². The number of halogens is 4. The molecule has 0 bridgehead atoms. The second-order valence-electron chi connectivity index (χ2n) is 4.99. The third-order valence-electron chi connectivity index (χ3n) is 3.37. The van der Waals surface area contributed by atoms with Gasteiger partial charge in [-0.2, -0.15) is 13.2 Å². The molecule has 2 heterocycles. The number of nitrogens with zero attached hydrogens (tertiary/aromatic N) is 2. The lowest BCUT2D eigenvalue weighted by atomic mass is 10.1. The van der Waals surface area contributed by atoms with E-state index in [4.69, 9.17) is 16.7 Å². The first-order valence-electron chi connectivity index (χ1n) is 6.62. The van der Waals surface area contributed by atoms with Gasteiger partial charge in [0.25, 0.3) is 0 Å². The normalized spacial score (nSPS) is 11.7. The summed E-state index contributed by atoms with van der Waals surface area (Å²) in [5.74, 6) is -1.14. The number of fused-ring (bicyclic) bond motifs is 1. The number of alkyl halides is 3. The molecule has 0 aliphatic carbocycles. The zero-order valence-electron chi connectivity index (χ0n) is 11.8. The van der Waals surface area contributed by atoms with Crippen molar-refractivity contribution in [3.63, 3.8) is 0 Å². The molecule has 0 atom stereocenters. The van der Waals surface area contributed by atoms with Crippen molar-refractivity contribution >= 4 is 28.5 Å². The topological polar surface area (TPSA) is 63.1 Å². The molecule has 0 spiro atoms. The fourth-order valence-electron chi connectivity index (χ4n) is 2.20. The highest BCUT2D eigenvalue weighted by Gasteiger charge is 2.31. The molecule has 122 valence electrons. The van der Waals surface area contributed by atoms with Crippen LogP contribution in [0.3, 0.4) is 0 Å². The molecule has 1 aromatic carbocycles. The molecular weight excluding hydrogens is 345 g/mol. The minimum absolute atomic E-state index is 0.00499. The van der Waals surface area contributed by atoms with E-state index in [0.29, 0.717) is 11.6 Å². The maximum Gasteiger partial charge on any atom is 0.417 e. The van der Waals surface area contributed by atoms with Crippen LogP contribution in [0.25, 0.3) is 22.2 Å². The van der Waals surface area contributed by atoms with Crippen LogP contribution in [0, 0.1) is 0 Å². The molecule has 0 radical (unpaired) electrons. The quantitative estimate of drug-likeness (QED) is 0.728. The number of aromatic nitrogens is 2. The molecule has 1 N–H and O–H groups in total. The van der Waals surface area contributed by atoms with Crippen LogP contribution in [0.2, 0.25) is 5.02 Å². The molecule has 0 unspecified atom stereocenters. The Bertz CT molecular complexity index is 958. The largest absolute Gasteiger partial charge is 0.478 e. The minimum atomic E-state index is -4.53. The Labute approximate surface area is 138 Å². The van der Waals surface area contributed by atoms with Gasteiger partial charge in [0.15, 0.2) is 0 Å². The second-order valence-corrected chi connectivity index (χ2v) is 5.39. The van der Waals surface area contributed by atoms with Crippen LogP contribution in [-0.4, -0.2) is 21.0 Å². The van der Waals surface area contributed by atoms with Crippen molar-refractivity contribution in [3.8, 4) is 11.3 Å². The predicted molar refractivity (Wildman–Crippen MR) is 81.9 cm³/mol. The van der Waals surface area contributed by atoms with Crippen LogP contribution in [0.1, 0.15) is 15.9 Å². The number of carboxylic acids is 1. The van der Waals surface area contributed by atoms with E-state index < -0.39 is 17.7 Å². The number of hydrogen-bond acceptors (Lipinski definition) is 3. The van der Waals surface area contributed by atoms with Crippen molar-refractivity contribution in [1.82, 2.24) is 9.97 Å². The van der Waals surface area contributed by atoms with Gasteiger partial charge in [0.2, 0.25) is 0 Å². The van der Waals surface area contributed by atoms with E-state index in [1.54, 1.807) is 0 Å². The summed E-state index contributed by atoms with van der Waals surface area (Å²) in [6.45, 7) is 0. The van der Waals surface area contributed by atoms with Crippen molar-refractivity contribution in [3.05, 3.63) is 58.9 Å². The fourth-order valence-corrected chi connectivity index (χ4v) is 2.47. The first-order chi connectivity index (χ1) is 11.3. The summed E-state index contributed by atoms with van der Waals surface area (Å²) in [6.07, 6.45) is -2.57. The Hall–Kier alpha value is -2.67. The minimum Gasteiger partial charge on any atom is -0.478 e. The second kappa shape index (κ2) is 5.76. The van der Waals surface area contributed by atoms with Gasteiger partial charge in [0, 0.05) is 23.3 Å². The first-order valence-corrected chi connectivity index (χ1v) is 7.00. The molecule has 3 rings (SSSR count). The summed E-state index contributed by atoms with van der Waals surface area (Å²) in [4.78, 5) is 18.8. The molecular formula is C16H8ClF3N2O2. The molecule has 0 aliphatic heterocycles. The van der Waals surface area contributed by atoms with Gasteiger partial charge in [-0.1, -0.05) is 17.7 Å². The lowest BCUT2D eigenvalue weighted by Gasteiger charge is -2.09. The Balaban J connectivity index is 2.18. The number of benzene rings is 1. The number of carboxylic acid groups (broad SMARTS) is 1. The smallest absolute Gasteiger partial charge is 0.417 e. The van der Waals surface area contributed by atoms with E-state index >= 15 is 0 Å². The zero-order chi connectivity index (χ0) is 17.5. The maximum absolute atomic E-state index is 12.8. The third-order valence-corrected chi connectivity index (χ3v) is 3.68. The Morgan fingerprint density at radius 3 is 2.54 bits per heavy atom. The number of rotatable bonds is 2. The highest BCUT2D eigenvalue weighted by molar-refractivity contribution is 6.35. The number of aromatic carboxylic acids is 1. The maximum atomic E-state index is 12.8. The first kappa shape index (κ1) is 16.2. The van der Waals surface area contributed by atoms with Gasteiger partial charge in [-0.05, 0) is 24.3 Å². The molecule has 0 saturated heterocycles. The van der Waals surface area contributed by atoms with Gasteiger partial charge in [0.1, 0.15) is 0 Å². The van der Waals surface area contributed by atoms with Crippen LogP contribution >= 0.6 is 11.6 Å². The summed E-state index contributed by atoms with van der Waals surface area (Å²) >= 11 is 6.14. The van der Waals surface area contributed by atoms with E-state index in [2.05, 4.69) is 9.97 Å². The highest BCUT2D eigenvalue weighted by atomic mass is 35.5. The average Bonchev–Trinajstić information content (AvgIpc) is 2.53. The fraction of sp³-hybridized carbons (Fsp3) is 0.0625. The van der Waals surface area contributed by atoms with Crippen molar-refractivity contribution in [2.45, 2.75) is 6.18 Å². The van der Waals surface area contributed by atoms with E-state index in [9.17, 15) is 18.0 Å². The SMILES string of the molecule is O=C(O)c1ccc2c(Cl)cc(-c3cncc(C(F)(F)F)c3)nc2c1. The van der Waals surface area contributed by atoms with Gasteiger partial charge in [-0.15, -0.1) is 0 Å². The lowest BCUT2D eigenvalue weighted by Crippen LogP contribution is -2.05. The highest BCUT2D eigenvalue weighted by Crippen LogP contribution is 2.33. The van der Waals surface area contributed by atoms with Gasteiger partial charge in [0.05, 0.1) is 27.4 Å². The molecule has 0 aliphatic rings. The van der Waals surface area contributed by atoms with E-state index in [1.165, 1.54) is 30.5 Å². The molecule has 24 heavy (non-hydrogen) atoms. The number of hydrogen-bond donors (Lipinski definition) is 1. The Kier molecular flexibility index (Phi) is 3.88. The van der Waals surface area contributed by atoms with Crippen molar-refractivity contribution in [2.24, 2.45) is 0 Å². The monoisotopic (exact) mass is 352 g/mol. The number of carbonyl (C=O) groups is 1. The molecule has 0 saturated carbocycles. The summed E-state index contributed by atoms with van der Waals surface area (Å²) in [7, 11) is 0. The standard InChI is InChI=1S/C16H8ClF3N2O2/c17-12-5-13(9-3-10(7-21-6-9)16(18,19)20)22-14-4-8(15(23)24)1-2-11(12)14/h1-7H,(H,23,24). The van der Waals surface area contributed by atoms with E-state index in [1.807, 2.05) is 0 Å². The van der Waals surface area contributed by atoms with Crippen LogP contribution in [-0.2, 0) is 6.18 Å². The molecule has 4 nitrogen and oxygen atoms in total. The van der Waals surface area contributed by atoms with Crippen molar-refractivity contribution < 1.29 is 23.1 Å². The van der Waals surface area contributed by atoms with Crippen LogP contribution in [0.4, 0.5) is 13.2 Å². The third kappa shape index (κ3) is 3.03. The summed E-state index contributed by atoms with van der Waals surface area (Å²) in [6, 6.07) is 6.53. The molecule has 2 aromatic heterocycles. The van der Waals surface area contributed by atoms with Gasteiger partial charge in [-0.3, -0.25) is 4.98 Å². The summed E-state index contributed by atoms with van der Waals surface area (Å²) in [5, 5.41) is 9.79. The molecule has 8 heteroatoms. The van der Waals surface area contributed by atoms with Crippen molar-refractivity contribution in [1.29, 1.82) is 0 Å². The summed E-state index contributed by atoms with van der Waals surface area (Å²) in [5.41, 5.74) is -0.319. The summed E-state index contributed by atoms with van der Waals surface area (Å²) < 4.78 is 38.4. The Morgan fingerprint density at radius 2 is 1.88 bits per heavy atom. The average molecular weight is 353 g/mol. The molecule has 3 aromatic rings. The Morgan fingerprint density at radius 1 is 1.12 bits per heavy atom. The zero-order valence-corrected chi connectivity index (χ0v) is 12.6. The van der Waals surface area contributed by atoms with Gasteiger partial charge < -0.3 is 5.11 Å². The van der Waals surface area contributed by atoms with Crippen molar-refractivity contribution in [2.75, 3.05) is 0 Å². The predicted octanol–water partition coefficient (Wildman–Crippen LogP) is 4.67. The lowest BCUT2D eigenvalue weighted by molar-refractivity contribution is -0.137. The van der Waals surface area contributed by atoms with E-state index in [0.717, 1.165) is 6.07 Å². The van der Waals surface area contributed by atoms with Gasteiger partial charge in [-0.25, -0.2) is 9.78 Å².